The summed E-state index contributed by atoms with van der Waals surface area (Å²) >= 11 is 5.22. The molecule has 0 saturated carbocycles. The fraction of sp³-hybridized carbons (Fsp3) is 0.286. The second-order valence-electron chi connectivity index (χ2n) is 6.34. The van der Waals surface area contributed by atoms with E-state index >= 15 is 0 Å². The van der Waals surface area contributed by atoms with Gasteiger partial charge in [-0.3, -0.25) is 14.9 Å². The lowest BCUT2D eigenvalue weighted by molar-refractivity contribution is -0.116. The molecule has 2 aromatic carbocycles. The van der Waals surface area contributed by atoms with Crippen LogP contribution in [-0.4, -0.2) is 24.0 Å². The van der Waals surface area contributed by atoms with Crippen LogP contribution in [0.25, 0.3) is 0 Å². The predicted molar refractivity (Wildman–Crippen MR) is 116 cm³/mol. The van der Waals surface area contributed by atoms with Crippen molar-refractivity contribution < 1.29 is 14.3 Å². The molecule has 2 amide bonds. The minimum absolute atomic E-state index is 0.0539. The van der Waals surface area contributed by atoms with Gasteiger partial charge in [-0.25, -0.2) is 0 Å². The summed E-state index contributed by atoms with van der Waals surface area (Å²) in [5.41, 5.74) is 2.75. The normalized spacial score (nSPS) is 10.1. The largest absolute Gasteiger partial charge is 0.494 e. The third-order valence-corrected chi connectivity index (χ3v) is 4.20. The number of benzene rings is 2. The third-order valence-electron chi connectivity index (χ3n) is 4.00. The number of hydrogen-bond donors (Lipinski definition) is 3. The summed E-state index contributed by atoms with van der Waals surface area (Å²) in [5, 5.41) is 8.62. The van der Waals surface area contributed by atoms with E-state index < -0.39 is 0 Å². The molecule has 0 saturated heterocycles. The van der Waals surface area contributed by atoms with Crippen LogP contribution < -0.4 is 20.7 Å². The molecule has 0 heterocycles. The number of carbonyl (C=O) groups excluding carboxylic acids is 2. The van der Waals surface area contributed by atoms with E-state index in [1.165, 1.54) is 7.11 Å². The molecule has 0 aliphatic carbocycles. The first-order valence-electron chi connectivity index (χ1n) is 9.09. The van der Waals surface area contributed by atoms with E-state index in [0.29, 0.717) is 29.1 Å². The van der Waals surface area contributed by atoms with Crippen molar-refractivity contribution in [1.29, 1.82) is 0 Å². The molecule has 0 radical (unpaired) electrons. The number of nitrogens with one attached hydrogen (secondary N) is 3. The molecule has 0 fully saturated rings. The summed E-state index contributed by atoms with van der Waals surface area (Å²) in [6, 6.07) is 12.4. The molecular weight excluding hydrogens is 374 g/mol. The van der Waals surface area contributed by atoms with Crippen molar-refractivity contribution in [2.75, 3.05) is 17.7 Å². The minimum Gasteiger partial charge on any atom is -0.494 e. The summed E-state index contributed by atoms with van der Waals surface area (Å²) in [5.74, 6) is 0.164. The number of ether oxygens (including phenoxy) is 1. The van der Waals surface area contributed by atoms with Gasteiger partial charge in [0.15, 0.2) is 5.11 Å². The van der Waals surface area contributed by atoms with Gasteiger partial charge in [0.25, 0.3) is 5.91 Å². The van der Waals surface area contributed by atoms with Gasteiger partial charge in [-0.2, -0.15) is 0 Å². The van der Waals surface area contributed by atoms with Crippen LogP contribution >= 0.6 is 12.2 Å². The van der Waals surface area contributed by atoms with Crippen molar-refractivity contribution in [3.8, 4) is 5.75 Å². The zero-order valence-electron chi connectivity index (χ0n) is 16.3. The molecule has 0 bridgehead atoms. The second-order valence-corrected chi connectivity index (χ2v) is 6.75. The van der Waals surface area contributed by atoms with Crippen LogP contribution in [0.15, 0.2) is 42.5 Å². The Morgan fingerprint density at radius 1 is 1.11 bits per heavy atom. The molecule has 0 aliphatic heterocycles. The molecule has 0 unspecified atom stereocenters. The molecule has 6 nitrogen and oxygen atoms in total. The highest BCUT2D eigenvalue weighted by Crippen LogP contribution is 2.28. The number of rotatable bonds is 7. The number of unbranched alkanes of at least 4 members (excludes halogenated alkanes) is 1. The number of methoxy groups -OCH3 is 1. The zero-order chi connectivity index (χ0) is 20.5. The number of amides is 2. The Labute approximate surface area is 170 Å². The third kappa shape index (κ3) is 6.35. The van der Waals surface area contributed by atoms with Gasteiger partial charge in [0, 0.05) is 23.7 Å². The van der Waals surface area contributed by atoms with Gasteiger partial charge in [0.2, 0.25) is 5.91 Å². The van der Waals surface area contributed by atoms with E-state index in [2.05, 4.69) is 16.0 Å². The Morgan fingerprint density at radius 2 is 1.89 bits per heavy atom. The van der Waals surface area contributed by atoms with E-state index in [1.54, 1.807) is 30.3 Å². The first-order valence-corrected chi connectivity index (χ1v) is 9.50. The Kier molecular flexibility index (Phi) is 7.95. The van der Waals surface area contributed by atoms with Crippen molar-refractivity contribution in [2.45, 2.75) is 33.1 Å². The van der Waals surface area contributed by atoms with Gasteiger partial charge in [-0.15, -0.1) is 0 Å². The van der Waals surface area contributed by atoms with Crippen LogP contribution in [0.3, 0.4) is 0 Å². The Hall–Kier alpha value is -2.93. The Bertz CT molecular complexity index is 868. The molecule has 2 aromatic rings. The molecule has 148 valence electrons. The fourth-order valence-corrected chi connectivity index (χ4v) is 2.76. The monoisotopic (exact) mass is 399 g/mol. The van der Waals surface area contributed by atoms with Crippen LogP contribution in [0, 0.1) is 6.92 Å². The fourth-order valence-electron chi connectivity index (χ4n) is 2.55. The van der Waals surface area contributed by atoms with E-state index in [4.69, 9.17) is 17.0 Å². The molecule has 0 aromatic heterocycles. The summed E-state index contributed by atoms with van der Waals surface area (Å²) in [7, 11) is 1.53. The van der Waals surface area contributed by atoms with Gasteiger partial charge in [0.1, 0.15) is 5.75 Å². The SMILES string of the molecule is CCCCC(=O)Nc1ccc(NC(=S)NC(=O)c2cccc(C)c2)cc1OC. The highest BCUT2D eigenvalue weighted by atomic mass is 32.1. The van der Waals surface area contributed by atoms with Crippen LogP contribution in [0.2, 0.25) is 0 Å². The number of thiocarbonyl (C=S) groups is 1. The highest BCUT2D eigenvalue weighted by molar-refractivity contribution is 7.80. The van der Waals surface area contributed by atoms with Crippen molar-refractivity contribution in [3.63, 3.8) is 0 Å². The molecule has 28 heavy (non-hydrogen) atoms. The van der Waals surface area contributed by atoms with E-state index in [0.717, 1.165) is 18.4 Å². The van der Waals surface area contributed by atoms with Gasteiger partial charge < -0.3 is 15.4 Å². The van der Waals surface area contributed by atoms with Gasteiger partial charge >= 0.3 is 0 Å². The second kappa shape index (κ2) is 10.4. The van der Waals surface area contributed by atoms with Crippen LogP contribution in [0.5, 0.6) is 5.75 Å². The lowest BCUT2D eigenvalue weighted by atomic mass is 10.1. The maximum Gasteiger partial charge on any atom is 0.257 e. The molecule has 0 spiro atoms. The smallest absolute Gasteiger partial charge is 0.257 e. The standard InChI is InChI=1S/C21H25N3O3S/c1-4-5-9-19(25)23-17-11-10-16(13-18(17)27-3)22-21(28)24-20(26)15-8-6-7-14(2)12-15/h6-8,10-13H,4-5,9H2,1-3H3,(H,23,25)(H2,22,24,26,28). The van der Waals surface area contributed by atoms with E-state index in [-0.39, 0.29) is 16.9 Å². The van der Waals surface area contributed by atoms with Crippen LogP contribution in [-0.2, 0) is 4.79 Å². The van der Waals surface area contributed by atoms with Gasteiger partial charge in [-0.1, -0.05) is 31.0 Å². The number of aryl methyl sites for hydroxylation is 1. The number of carbonyl (C=O) groups is 2. The van der Waals surface area contributed by atoms with Crippen molar-refractivity contribution in [1.82, 2.24) is 5.32 Å². The van der Waals surface area contributed by atoms with Crippen LogP contribution in [0.4, 0.5) is 11.4 Å². The summed E-state index contributed by atoms with van der Waals surface area (Å²) in [6.07, 6.45) is 2.26. The summed E-state index contributed by atoms with van der Waals surface area (Å²) in [4.78, 5) is 24.2. The Balaban J connectivity index is 2.00. The van der Waals surface area contributed by atoms with E-state index in [1.807, 2.05) is 26.0 Å². The molecule has 0 atom stereocenters. The molecule has 7 heteroatoms. The molecular formula is C21H25N3O3S. The first-order chi connectivity index (χ1) is 13.4. The van der Waals surface area contributed by atoms with Gasteiger partial charge in [-0.05, 0) is 49.8 Å². The summed E-state index contributed by atoms with van der Waals surface area (Å²) < 4.78 is 5.35. The molecule has 0 aliphatic rings. The Morgan fingerprint density at radius 3 is 2.57 bits per heavy atom. The molecule has 3 N–H and O–H groups in total. The predicted octanol–water partition coefficient (Wildman–Crippen LogP) is 4.26. The maximum atomic E-state index is 12.3. The number of hydrogen-bond acceptors (Lipinski definition) is 4. The van der Waals surface area contributed by atoms with Crippen LogP contribution in [0.1, 0.15) is 42.1 Å². The quantitative estimate of drug-likeness (QED) is 0.606. The lowest BCUT2D eigenvalue weighted by Gasteiger charge is -2.14. The summed E-state index contributed by atoms with van der Waals surface area (Å²) in [6.45, 7) is 3.96. The number of anilines is 2. The van der Waals surface area contributed by atoms with E-state index in [9.17, 15) is 9.59 Å². The van der Waals surface area contributed by atoms with Gasteiger partial charge in [0.05, 0.1) is 12.8 Å². The topological polar surface area (TPSA) is 79.5 Å². The zero-order valence-corrected chi connectivity index (χ0v) is 17.1. The average Bonchev–Trinajstić information content (AvgIpc) is 2.67. The lowest BCUT2D eigenvalue weighted by Crippen LogP contribution is -2.34. The molecule has 2 rings (SSSR count). The van der Waals surface area contributed by atoms with Crippen molar-refractivity contribution in [2.24, 2.45) is 0 Å². The maximum absolute atomic E-state index is 12.3. The van der Waals surface area contributed by atoms with Crippen molar-refractivity contribution >= 4 is 40.5 Å². The average molecular weight is 400 g/mol. The van der Waals surface area contributed by atoms with Crippen molar-refractivity contribution in [3.05, 3.63) is 53.6 Å². The first kappa shape index (κ1) is 21.4. The minimum atomic E-state index is -0.284. The highest BCUT2D eigenvalue weighted by Gasteiger charge is 2.11.